The average molecular weight is 369 g/mol. The van der Waals surface area contributed by atoms with Crippen molar-refractivity contribution < 1.29 is 19.4 Å². The summed E-state index contributed by atoms with van der Waals surface area (Å²) in [7, 11) is 1.54. The lowest BCUT2D eigenvalue weighted by atomic mass is 9.96. The van der Waals surface area contributed by atoms with Crippen LogP contribution in [0.15, 0.2) is 42.5 Å². The van der Waals surface area contributed by atoms with E-state index < -0.39 is 6.10 Å². The lowest BCUT2D eigenvalue weighted by Gasteiger charge is -2.38. The summed E-state index contributed by atoms with van der Waals surface area (Å²) in [5.74, 6) is 0.984. The van der Waals surface area contributed by atoms with Gasteiger partial charge in [-0.05, 0) is 56.5 Å². The number of hydrogen-bond acceptors (Lipinski definition) is 5. The average Bonchev–Trinajstić information content (AvgIpc) is 2.68. The molecule has 0 saturated heterocycles. The van der Waals surface area contributed by atoms with Crippen molar-refractivity contribution in [2.24, 2.45) is 0 Å². The van der Waals surface area contributed by atoms with Crippen molar-refractivity contribution in [3.63, 3.8) is 0 Å². The number of rotatable bonds is 7. The molecule has 0 aliphatic carbocycles. The van der Waals surface area contributed by atoms with E-state index >= 15 is 0 Å². The summed E-state index contributed by atoms with van der Waals surface area (Å²) >= 11 is 0. The summed E-state index contributed by atoms with van der Waals surface area (Å²) < 4.78 is 11.1. The number of nitrogens with zero attached hydrogens (tertiary/aromatic N) is 1. The third-order valence-corrected chi connectivity index (χ3v) is 5.07. The van der Waals surface area contributed by atoms with Crippen molar-refractivity contribution in [2.45, 2.75) is 38.8 Å². The maximum absolute atomic E-state index is 11.5. The Morgan fingerprint density at radius 2 is 2.04 bits per heavy atom. The molecule has 1 heterocycles. The highest BCUT2D eigenvalue weighted by atomic mass is 16.5. The molecule has 144 valence electrons. The highest BCUT2D eigenvalue weighted by molar-refractivity contribution is 5.94. The fourth-order valence-corrected chi connectivity index (χ4v) is 3.51. The Bertz CT molecular complexity index is 805. The number of aliphatic hydroxyl groups excluding tert-OH is 1. The van der Waals surface area contributed by atoms with Crippen LogP contribution in [0.25, 0.3) is 0 Å². The van der Waals surface area contributed by atoms with Gasteiger partial charge in [0, 0.05) is 23.8 Å². The molecule has 1 aliphatic heterocycles. The Balaban J connectivity index is 1.65. The van der Waals surface area contributed by atoms with Gasteiger partial charge in [0.1, 0.15) is 12.7 Å². The number of Topliss-reactive ketones (excluding diaryl/α,β-unsaturated/α-hetero) is 1. The molecule has 0 aromatic heterocycles. The first-order valence-electron chi connectivity index (χ1n) is 9.34. The number of aryl methyl sites for hydroxylation is 1. The van der Waals surface area contributed by atoms with E-state index in [4.69, 9.17) is 9.47 Å². The molecule has 0 spiro atoms. The molecule has 0 radical (unpaired) electrons. The first-order valence-corrected chi connectivity index (χ1v) is 9.34. The number of hydrogen-bond donors (Lipinski definition) is 1. The van der Waals surface area contributed by atoms with Crippen LogP contribution >= 0.6 is 0 Å². The summed E-state index contributed by atoms with van der Waals surface area (Å²) in [5, 5.41) is 10.6. The summed E-state index contributed by atoms with van der Waals surface area (Å²) in [6.07, 6.45) is 1.50. The van der Waals surface area contributed by atoms with Crippen LogP contribution in [0.2, 0.25) is 0 Å². The standard InChI is InChI=1S/C22H27NO4/c1-15-8-9-17-6-4-5-7-20(17)23(15)13-19(25)14-27-21-11-10-18(16(2)24)12-22(21)26-3/h4-7,10-12,15,19,25H,8-9,13-14H2,1-3H3/t15-,19+/m1/s1. The summed E-state index contributed by atoms with van der Waals surface area (Å²) in [4.78, 5) is 13.8. The lowest BCUT2D eigenvalue weighted by Crippen LogP contribution is -2.43. The van der Waals surface area contributed by atoms with Crippen molar-refractivity contribution >= 4 is 11.5 Å². The molecule has 0 fully saturated rings. The maximum atomic E-state index is 11.5. The Kier molecular flexibility index (Phi) is 6.01. The van der Waals surface area contributed by atoms with E-state index in [1.165, 1.54) is 25.3 Å². The first-order chi connectivity index (χ1) is 13.0. The number of carbonyl (C=O) groups is 1. The number of aliphatic hydroxyl groups is 1. The highest BCUT2D eigenvalue weighted by Crippen LogP contribution is 2.31. The molecule has 0 amide bonds. The molecule has 5 heteroatoms. The van der Waals surface area contributed by atoms with Crippen LogP contribution in [0.3, 0.4) is 0 Å². The topological polar surface area (TPSA) is 59.0 Å². The van der Waals surface area contributed by atoms with Crippen LogP contribution in [0.4, 0.5) is 5.69 Å². The van der Waals surface area contributed by atoms with Gasteiger partial charge in [-0.2, -0.15) is 0 Å². The molecular formula is C22H27NO4. The van der Waals surface area contributed by atoms with Gasteiger partial charge in [-0.25, -0.2) is 0 Å². The van der Waals surface area contributed by atoms with Crippen LogP contribution in [0, 0.1) is 0 Å². The van der Waals surface area contributed by atoms with Crippen LogP contribution in [-0.2, 0) is 6.42 Å². The van der Waals surface area contributed by atoms with Crippen molar-refractivity contribution in [3.8, 4) is 11.5 Å². The smallest absolute Gasteiger partial charge is 0.161 e. The minimum Gasteiger partial charge on any atom is -0.493 e. The van der Waals surface area contributed by atoms with Crippen LogP contribution in [-0.4, -0.2) is 43.3 Å². The fraction of sp³-hybridized carbons (Fsp3) is 0.409. The summed E-state index contributed by atoms with van der Waals surface area (Å²) in [5.41, 5.74) is 3.09. The number of para-hydroxylation sites is 1. The van der Waals surface area contributed by atoms with E-state index in [0.29, 0.717) is 29.6 Å². The van der Waals surface area contributed by atoms with Gasteiger partial charge in [-0.15, -0.1) is 0 Å². The monoisotopic (exact) mass is 369 g/mol. The zero-order valence-electron chi connectivity index (χ0n) is 16.1. The van der Waals surface area contributed by atoms with Crippen LogP contribution < -0.4 is 14.4 Å². The number of methoxy groups -OCH3 is 1. The van der Waals surface area contributed by atoms with Gasteiger partial charge in [0.05, 0.1) is 7.11 Å². The quantitative estimate of drug-likeness (QED) is 0.757. The molecule has 2 aromatic rings. The van der Waals surface area contributed by atoms with Gasteiger partial charge in [0.15, 0.2) is 17.3 Å². The molecule has 0 bridgehead atoms. The Hall–Kier alpha value is -2.53. The molecule has 2 atom stereocenters. The van der Waals surface area contributed by atoms with Crippen LogP contribution in [0.5, 0.6) is 11.5 Å². The number of ketones is 1. The third-order valence-electron chi connectivity index (χ3n) is 5.07. The molecule has 2 aromatic carbocycles. The Labute approximate surface area is 160 Å². The van der Waals surface area contributed by atoms with E-state index in [-0.39, 0.29) is 12.4 Å². The van der Waals surface area contributed by atoms with E-state index in [0.717, 1.165) is 12.8 Å². The third kappa shape index (κ3) is 4.42. The van der Waals surface area contributed by atoms with E-state index in [9.17, 15) is 9.90 Å². The molecule has 1 aliphatic rings. The number of benzene rings is 2. The molecule has 0 saturated carbocycles. The van der Waals surface area contributed by atoms with Crippen molar-refractivity contribution in [1.29, 1.82) is 0 Å². The molecule has 1 N–H and O–H groups in total. The van der Waals surface area contributed by atoms with Crippen molar-refractivity contribution in [1.82, 2.24) is 0 Å². The normalized spacial score (nSPS) is 17.2. The van der Waals surface area contributed by atoms with Crippen molar-refractivity contribution in [2.75, 3.05) is 25.2 Å². The lowest BCUT2D eigenvalue weighted by molar-refractivity contribution is 0.101. The zero-order chi connectivity index (χ0) is 19.4. The number of fused-ring (bicyclic) bond motifs is 1. The van der Waals surface area contributed by atoms with Gasteiger partial charge >= 0.3 is 0 Å². The number of ether oxygens (including phenoxy) is 2. The fourth-order valence-electron chi connectivity index (χ4n) is 3.51. The minimum absolute atomic E-state index is 0.0300. The van der Waals surface area contributed by atoms with Crippen molar-refractivity contribution in [3.05, 3.63) is 53.6 Å². The Morgan fingerprint density at radius 3 is 2.78 bits per heavy atom. The number of β-amino-alcohol motifs (C(OH)–C–C–N with tert-alkyl or cyclic N) is 1. The van der Waals surface area contributed by atoms with Gasteiger partial charge < -0.3 is 19.5 Å². The molecule has 0 unspecified atom stereocenters. The molecule has 27 heavy (non-hydrogen) atoms. The molecule has 3 rings (SSSR count). The SMILES string of the molecule is COc1cc(C(C)=O)ccc1OC[C@@H](O)CN1c2ccccc2CC[C@H]1C. The van der Waals surface area contributed by atoms with E-state index in [1.807, 2.05) is 6.07 Å². The van der Waals surface area contributed by atoms with Gasteiger partial charge in [0.2, 0.25) is 0 Å². The summed E-state index contributed by atoms with van der Waals surface area (Å²) in [6, 6.07) is 13.8. The molecule has 5 nitrogen and oxygen atoms in total. The minimum atomic E-state index is -0.643. The highest BCUT2D eigenvalue weighted by Gasteiger charge is 2.25. The predicted octanol–water partition coefficient (Wildman–Crippen LogP) is 3.48. The maximum Gasteiger partial charge on any atom is 0.161 e. The second kappa shape index (κ2) is 8.44. The van der Waals surface area contributed by atoms with Gasteiger partial charge in [-0.1, -0.05) is 18.2 Å². The largest absolute Gasteiger partial charge is 0.493 e. The van der Waals surface area contributed by atoms with Gasteiger partial charge in [0.25, 0.3) is 0 Å². The Morgan fingerprint density at radius 1 is 1.26 bits per heavy atom. The van der Waals surface area contributed by atoms with Gasteiger partial charge in [-0.3, -0.25) is 4.79 Å². The number of carbonyl (C=O) groups excluding carboxylic acids is 1. The van der Waals surface area contributed by atoms with Crippen LogP contribution in [0.1, 0.15) is 36.2 Å². The second-order valence-corrected chi connectivity index (χ2v) is 7.06. The predicted molar refractivity (Wildman–Crippen MR) is 106 cm³/mol. The van der Waals surface area contributed by atoms with E-state index in [1.54, 1.807) is 18.2 Å². The second-order valence-electron chi connectivity index (χ2n) is 7.06. The first kappa shape index (κ1) is 19.2. The van der Waals surface area contributed by atoms with E-state index in [2.05, 4.69) is 30.0 Å². The number of anilines is 1. The summed E-state index contributed by atoms with van der Waals surface area (Å²) in [6.45, 7) is 4.36. The zero-order valence-corrected chi connectivity index (χ0v) is 16.1. The molecular weight excluding hydrogens is 342 g/mol.